The first-order chi connectivity index (χ1) is 11.1. The lowest BCUT2D eigenvalue weighted by Gasteiger charge is -2.11. The Bertz CT molecular complexity index is 811. The molecule has 2 aromatic rings. The summed E-state index contributed by atoms with van der Waals surface area (Å²) >= 11 is 1.62. The first kappa shape index (κ1) is 15.5. The maximum absolute atomic E-state index is 13.5. The van der Waals surface area contributed by atoms with E-state index in [1.807, 2.05) is 11.5 Å². The summed E-state index contributed by atoms with van der Waals surface area (Å²) in [6, 6.07) is 8.95. The third kappa shape index (κ3) is 3.68. The second kappa shape index (κ2) is 6.78. The molecule has 2 heterocycles. The predicted molar refractivity (Wildman–Crippen MR) is 87.6 cm³/mol. The maximum Gasteiger partial charge on any atom is 0.267 e. The standard InChI is InChI=1S/C16H14FN3O2S/c17-11-4-1-2-5-12(11)18-15(21)10-20-16(22)8-7-13(19-20)14-6-3-9-23-14/h1-5,7-9,14H,6,10H2,(H,18,21). The van der Waals surface area contributed by atoms with Gasteiger partial charge >= 0.3 is 0 Å². The van der Waals surface area contributed by atoms with E-state index < -0.39 is 11.7 Å². The zero-order valence-electron chi connectivity index (χ0n) is 12.1. The number of amides is 1. The van der Waals surface area contributed by atoms with E-state index in [4.69, 9.17) is 0 Å². The Kier molecular flexibility index (Phi) is 4.57. The molecule has 118 valence electrons. The number of allylic oxidation sites excluding steroid dienone is 1. The number of nitrogens with one attached hydrogen (secondary N) is 1. The number of hydrogen-bond donors (Lipinski definition) is 1. The predicted octanol–water partition coefficient (Wildman–Crippen LogP) is 2.71. The molecule has 1 N–H and O–H groups in total. The van der Waals surface area contributed by atoms with E-state index in [0.717, 1.165) is 16.8 Å². The summed E-state index contributed by atoms with van der Waals surface area (Å²) < 4.78 is 14.6. The molecular weight excluding hydrogens is 317 g/mol. The van der Waals surface area contributed by atoms with Crippen LogP contribution >= 0.6 is 11.8 Å². The highest BCUT2D eigenvalue weighted by Crippen LogP contribution is 2.36. The molecule has 1 aliphatic heterocycles. The molecule has 7 heteroatoms. The molecule has 1 atom stereocenters. The van der Waals surface area contributed by atoms with Crippen LogP contribution in [-0.4, -0.2) is 15.7 Å². The molecule has 0 radical (unpaired) electrons. The number of para-hydroxylation sites is 1. The lowest BCUT2D eigenvalue weighted by atomic mass is 10.2. The minimum Gasteiger partial charge on any atom is -0.322 e. The zero-order chi connectivity index (χ0) is 16.2. The molecule has 0 saturated heterocycles. The van der Waals surface area contributed by atoms with E-state index in [0.29, 0.717) is 0 Å². The first-order valence-corrected chi connectivity index (χ1v) is 8.00. The molecule has 0 aliphatic carbocycles. The SMILES string of the molecule is O=C(Cn1nc(C2CC=CS2)ccc1=O)Nc1ccccc1F. The molecular formula is C16H14FN3O2S. The van der Waals surface area contributed by atoms with Gasteiger partial charge in [0.05, 0.1) is 16.6 Å². The van der Waals surface area contributed by atoms with Crippen molar-refractivity contribution in [3.8, 4) is 0 Å². The molecule has 1 aromatic carbocycles. The summed E-state index contributed by atoms with van der Waals surface area (Å²) in [7, 11) is 0. The van der Waals surface area contributed by atoms with Crippen LogP contribution in [0.2, 0.25) is 0 Å². The number of nitrogens with zero attached hydrogens (tertiary/aromatic N) is 2. The van der Waals surface area contributed by atoms with Gasteiger partial charge in [0.25, 0.3) is 5.56 Å². The number of benzene rings is 1. The van der Waals surface area contributed by atoms with Crippen molar-refractivity contribution >= 4 is 23.4 Å². The Labute approximate surface area is 136 Å². The summed E-state index contributed by atoms with van der Waals surface area (Å²) in [4.78, 5) is 23.9. The Morgan fingerprint density at radius 1 is 1.35 bits per heavy atom. The minimum absolute atomic E-state index is 0.0808. The Morgan fingerprint density at radius 2 is 2.17 bits per heavy atom. The van der Waals surface area contributed by atoms with Crippen LogP contribution in [0.3, 0.4) is 0 Å². The molecule has 0 fully saturated rings. The summed E-state index contributed by atoms with van der Waals surface area (Å²) in [5.41, 5.74) is 0.462. The van der Waals surface area contributed by atoms with Gasteiger partial charge in [-0.2, -0.15) is 5.10 Å². The molecule has 0 bridgehead atoms. The van der Waals surface area contributed by atoms with Crippen molar-refractivity contribution in [2.45, 2.75) is 18.2 Å². The van der Waals surface area contributed by atoms with Crippen molar-refractivity contribution in [1.29, 1.82) is 0 Å². The third-order valence-electron chi connectivity index (χ3n) is 3.35. The van der Waals surface area contributed by atoms with Crippen LogP contribution in [0.5, 0.6) is 0 Å². The summed E-state index contributed by atoms with van der Waals surface area (Å²) in [6.07, 6.45) is 2.88. The monoisotopic (exact) mass is 331 g/mol. The average Bonchev–Trinajstić information content (AvgIpc) is 3.06. The van der Waals surface area contributed by atoms with Crippen molar-refractivity contribution in [3.05, 3.63) is 69.7 Å². The third-order valence-corrected chi connectivity index (χ3v) is 4.46. The number of thioether (sulfide) groups is 1. The lowest BCUT2D eigenvalue weighted by molar-refractivity contribution is -0.117. The zero-order valence-corrected chi connectivity index (χ0v) is 12.9. The number of halogens is 1. The maximum atomic E-state index is 13.5. The van der Waals surface area contributed by atoms with E-state index >= 15 is 0 Å². The fraction of sp³-hybridized carbons (Fsp3) is 0.188. The molecule has 1 aromatic heterocycles. The van der Waals surface area contributed by atoms with Gasteiger partial charge in [-0.15, -0.1) is 11.8 Å². The quantitative estimate of drug-likeness (QED) is 0.936. The van der Waals surface area contributed by atoms with Gasteiger partial charge in [0.1, 0.15) is 12.4 Å². The summed E-state index contributed by atoms with van der Waals surface area (Å²) in [5.74, 6) is -1.03. The second-order valence-corrected chi connectivity index (χ2v) is 6.13. The number of carbonyl (C=O) groups excluding carboxylic acids is 1. The van der Waals surface area contributed by atoms with Gasteiger partial charge in [-0.1, -0.05) is 18.2 Å². The van der Waals surface area contributed by atoms with Gasteiger partial charge in [-0.05, 0) is 30.0 Å². The summed E-state index contributed by atoms with van der Waals surface area (Å²) in [5, 5.41) is 8.85. The minimum atomic E-state index is -0.525. The van der Waals surface area contributed by atoms with Crippen molar-refractivity contribution in [2.24, 2.45) is 0 Å². The molecule has 23 heavy (non-hydrogen) atoms. The molecule has 3 rings (SSSR count). The van der Waals surface area contributed by atoms with E-state index in [-0.39, 0.29) is 23.0 Å². The van der Waals surface area contributed by atoms with E-state index in [2.05, 4.69) is 10.4 Å². The first-order valence-electron chi connectivity index (χ1n) is 7.06. The molecule has 1 aliphatic rings. The van der Waals surface area contributed by atoms with Crippen LogP contribution in [0, 0.1) is 5.82 Å². The number of rotatable bonds is 4. The van der Waals surface area contributed by atoms with Crippen molar-refractivity contribution in [3.63, 3.8) is 0 Å². The normalized spacial score (nSPS) is 16.5. The summed E-state index contributed by atoms with van der Waals surface area (Å²) in [6.45, 7) is -0.258. The number of anilines is 1. The van der Waals surface area contributed by atoms with Gasteiger partial charge in [0.2, 0.25) is 5.91 Å². The fourth-order valence-electron chi connectivity index (χ4n) is 2.21. The molecule has 0 saturated carbocycles. The highest BCUT2D eigenvalue weighted by Gasteiger charge is 2.17. The van der Waals surface area contributed by atoms with Crippen LogP contribution in [-0.2, 0) is 11.3 Å². The van der Waals surface area contributed by atoms with E-state index in [1.165, 1.54) is 24.3 Å². The number of aromatic nitrogens is 2. The molecule has 0 spiro atoms. The van der Waals surface area contributed by atoms with Gasteiger partial charge in [-0.3, -0.25) is 9.59 Å². The highest BCUT2D eigenvalue weighted by molar-refractivity contribution is 8.02. The largest absolute Gasteiger partial charge is 0.322 e. The van der Waals surface area contributed by atoms with Crippen LogP contribution in [0.4, 0.5) is 10.1 Å². The van der Waals surface area contributed by atoms with Crippen LogP contribution in [0.15, 0.2) is 52.7 Å². The van der Waals surface area contributed by atoms with E-state index in [9.17, 15) is 14.0 Å². The fourth-order valence-corrected chi connectivity index (χ4v) is 3.11. The van der Waals surface area contributed by atoms with Crippen molar-refractivity contribution < 1.29 is 9.18 Å². The lowest BCUT2D eigenvalue weighted by Crippen LogP contribution is -2.30. The van der Waals surface area contributed by atoms with Gasteiger partial charge in [-0.25, -0.2) is 9.07 Å². The van der Waals surface area contributed by atoms with E-state index in [1.54, 1.807) is 23.9 Å². The number of carbonyl (C=O) groups is 1. The van der Waals surface area contributed by atoms with Crippen molar-refractivity contribution in [1.82, 2.24) is 9.78 Å². The molecule has 5 nitrogen and oxygen atoms in total. The van der Waals surface area contributed by atoms with Gasteiger partial charge in [0, 0.05) is 6.07 Å². The highest BCUT2D eigenvalue weighted by atomic mass is 32.2. The topological polar surface area (TPSA) is 64.0 Å². The van der Waals surface area contributed by atoms with Crippen LogP contribution in [0.25, 0.3) is 0 Å². The van der Waals surface area contributed by atoms with Gasteiger partial charge < -0.3 is 5.32 Å². The molecule has 1 unspecified atom stereocenters. The van der Waals surface area contributed by atoms with Gasteiger partial charge in [0.15, 0.2) is 0 Å². The van der Waals surface area contributed by atoms with Crippen LogP contribution in [0.1, 0.15) is 17.4 Å². The second-order valence-electron chi connectivity index (χ2n) is 5.01. The Morgan fingerprint density at radius 3 is 2.91 bits per heavy atom. The van der Waals surface area contributed by atoms with Crippen molar-refractivity contribution in [2.75, 3.05) is 5.32 Å². The average molecular weight is 331 g/mol. The van der Waals surface area contributed by atoms with Crippen LogP contribution < -0.4 is 10.9 Å². The molecule has 1 amide bonds. The number of hydrogen-bond acceptors (Lipinski definition) is 4. The Balaban J connectivity index is 1.74. The smallest absolute Gasteiger partial charge is 0.267 e. The Hall–Kier alpha value is -2.41.